The lowest BCUT2D eigenvalue weighted by Crippen LogP contribution is -2.09. The number of hydrogen-bond donors (Lipinski definition) is 1. The second kappa shape index (κ2) is 5.94. The lowest BCUT2D eigenvalue weighted by Gasteiger charge is -2.15. The third kappa shape index (κ3) is 2.79. The SMILES string of the molecule is CN(C)c1ccc([N+]#N)c(SCCO)c1Cl. The molecule has 1 aromatic carbocycles. The number of benzene rings is 1. The molecular formula is C10H13ClN3OS+. The van der Waals surface area contributed by atoms with Crippen LogP contribution in [0.3, 0.4) is 0 Å². The zero-order valence-electron chi connectivity index (χ0n) is 9.14. The normalized spacial score (nSPS) is 9.94. The van der Waals surface area contributed by atoms with Gasteiger partial charge in [-0.25, -0.2) is 0 Å². The van der Waals surface area contributed by atoms with Gasteiger partial charge in [0.25, 0.3) is 0 Å². The van der Waals surface area contributed by atoms with Gasteiger partial charge in [0.15, 0.2) is 4.98 Å². The van der Waals surface area contributed by atoms with Crippen molar-refractivity contribution in [1.29, 1.82) is 5.39 Å². The topological polar surface area (TPSA) is 51.6 Å². The fourth-order valence-corrected chi connectivity index (χ4v) is 2.52. The molecule has 0 bridgehead atoms. The van der Waals surface area contributed by atoms with Crippen molar-refractivity contribution in [3.63, 3.8) is 0 Å². The highest BCUT2D eigenvalue weighted by atomic mass is 35.5. The Morgan fingerprint density at radius 2 is 2.19 bits per heavy atom. The molecule has 4 nitrogen and oxygen atoms in total. The van der Waals surface area contributed by atoms with Gasteiger partial charge < -0.3 is 10.0 Å². The second-order valence-electron chi connectivity index (χ2n) is 3.31. The van der Waals surface area contributed by atoms with Crippen LogP contribution in [0, 0.1) is 5.39 Å². The maximum Gasteiger partial charge on any atom is 0.400 e. The maximum atomic E-state index is 8.85. The summed E-state index contributed by atoms with van der Waals surface area (Å²) < 4.78 is 0. The summed E-state index contributed by atoms with van der Waals surface area (Å²) in [6.45, 7) is 0.0536. The molecule has 0 saturated carbocycles. The molecule has 0 fully saturated rings. The number of halogens is 1. The third-order valence-corrected chi connectivity index (χ3v) is 3.57. The Balaban J connectivity index is 3.19. The molecule has 0 unspecified atom stereocenters. The third-order valence-electron chi connectivity index (χ3n) is 1.98. The number of rotatable bonds is 4. The summed E-state index contributed by atoms with van der Waals surface area (Å²) in [5, 5.41) is 18.2. The molecule has 1 rings (SSSR count). The van der Waals surface area contributed by atoms with E-state index in [1.807, 2.05) is 19.0 Å². The number of nitrogens with zero attached hydrogens (tertiary/aromatic N) is 3. The Hall–Kier alpha value is -0.960. The minimum absolute atomic E-state index is 0.0536. The van der Waals surface area contributed by atoms with Crippen molar-refractivity contribution < 1.29 is 5.11 Å². The van der Waals surface area contributed by atoms with Gasteiger partial charge in [0.2, 0.25) is 5.39 Å². The molecule has 16 heavy (non-hydrogen) atoms. The lowest BCUT2D eigenvalue weighted by atomic mass is 10.2. The van der Waals surface area contributed by atoms with E-state index in [4.69, 9.17) is 22.1 Å². The highest BCUT2D eigenvalue weighted by Gasteiger charge is 2.21. The van der Waals surface area contributed by atoms with E-state index in [0.717, 1.165) is 5.69 Å². The smallest absolute Gasteiger partial charge is 0.396 e. The Bertz CT molecular complexity index is 417. The van der Waals surface area contributed by atoms with E-state index in [1.165, 1.54) is 11.8 Å². The molecule has 0 spiro atoms. The van der Waals surface area contributed by atoms with E-state index < -0.39 is 0 Å². The van der Waals surface area contributed by atoms with Crippen LogP contribution < -0.4 is 4.90 Å². The average Bonchev–Trinajstić information content (AvgIpc) is 2.26. The first kappa shape index (κ1) is 13.1. The molecule has 0 aliphatic rings. The van der Waals surface area contributed by atoms with Crippen molar-refractivity contribution >= 4 is 34.7 Å². The first-order valence-corrected chi connectivity index (χ1v) is 6.06. The van der Waals surface area contributed by atoms with Gasteiger partial charge in [-0.2, -0.15) is 0 Å². The molecule has 6 heteroatoms. The van der Waals surface area contributed by atoms with Crippen LogP contribution in [0.15, 0.2) is 17.0 Å². The monoisotopic (exact) mass is 258 g/mol. The summed E-state index contributed by atoms with van der Waals surface area (Å²) in [6, 6.07) is 3.49. The highest BCUT2D eigenvalue weighted by molar-refractivity contribution is 7.99. The minimum atomic E-state index is 0.0536. The molecule has 0 aliphatic heterocycles. The van der Waals surface area contributed by atoms with Crippen molar-refractivity contribution in [2.24, 2.45) is 0 Å². The number of thioether (sulfide) groups is 1. The van der Waals surface area contributed by atoms with Crippen LogP contribution in [-0.2, 0) is 0 Å². The molecule has 1 aromatic rings. The van der Waals surface area contributed by atoms with Crippen LogP contribution >= 0.6 is 23.4 Å². The van der Waals surface area contributed by atoms with Crippen LogP contribution in [0.25, 0.3) is 4.98 Å². The molecule has 86 valence electrons. The van der Waals surface area contributed by atoms with Gasteiger partial charge in [-0.3, -0.25) is 0 Å². The predicted molar refractivity (Wildman–Crippen MR) is 68.3 cm³/mol. The van der Waals surface area contributed by atoms with Crippen LogP contribution in [0.5, 0.6) is 0 Å². The average molecular weight is 259 g/mol. The molecule has 1 N–H and O–H groups in total. The Morgan fingerprint density at radius 3 is 2.69 bits per heavy atom. The second-order valence-corrected chi connectivity index (χ2v) is 4.80. The van der Waals surface area contributed by atoms with E-state index in [0.29, 0.717) is 21.4 Å². The lowest BCUT2D eigenvalue weighted by molar-refractivity contribution is 0.322. The van der Waals surface area contributed by atoms with Gasteiger partial charge in [-0.1, -0.05) is 11.6 Å². The van der Waals surface area contributed by atoms with Crippen molar-refractivity contribution in [3.05, 3.63) is 22.1 Å². The molecule has 0 aromatic heterocycles. The first-order valence-electron chi connectivity index (χ1n) is 4.70. The fourth-order valence-electron chi connectivity index (χ4n) is 1.24. The van der Waals surface area contributed by atoms with Crippen LogP contribution in [0.4, 0.5) is 11.4 Å². The summed E-state index contributed by atoms with van der Waals surface area (Å²) in [6.07, 6.45) is 0. The van der Waals surface area contributed by atoms with Crippen LogP contribution in [0.1, 0.15) is 0 Å². The van der Waals surface area contributed by atoms with E-state index in [2.05, 4.69) is 4.98 Å². The summed E-state index contributed by atoms with van der Waals surface area (Å²) in [5.74, 6) is 0.513. The van der Waals surface area contributed by atoms with Crippen LogP contribution in [0.2, 0.25) is 5.02 Å². The Labute approximate surface area is 104 Å². The van der Waals surface area contributed by atoms with E-state index >= 15 is 0 Å². The van der Waals surface area contributed by atoms with Crippen LogP contribution in [-0.4, -0.2) is 31.6 Å². The van der Waals surface area contributed by atoms with Crippen molar-refractivity contribution in [1.82, 2.24) is 0 Å². The van der Waals surface area contributed by atoms with E-state index in [9.17, 15) is 0 Å². The molecule has 0 aliphatic carbocycles. The molecule has 0 heterocycles. The number of diazo groups is 1. The summed E-state index contributed by atoms with van der Waals surface area (Å²) in [5.41, 5.74) is 1.28. The Morgan fingerprint density at radius 1 is 1.50 bits per heavy atom. The van der Waals surface area contributed by atoms with Crippen molar-refractivity contribution in [2.45, 2.75) is 4.90 Å². The van der Waals surface area contributed by atoms with E-state index in [-0.39, 0.29) is 6.61 Å². The number of aliphatic hydroxyl groups is 1. The zero-order valence-corrected chi connectivity index (χ0v) is 10.7. The Kier molecular flexibility index (Phi) is 4.87. The zero-order chi connectivity index (χ0) is 12.1. The van der Waals surface area contributed by atoms with Gasteiger partial charge in [-0.15, -0.1) is 11.8 Å². The van der Waals surface area contributed by atoms with Crippen molar-refractivity contribution in [3.8, 4) is 0 Å². The summed E-state index contributed by atoms with van der Waals surface area (Å²) in [7, 11) is 3.77. The summed E-state index contributed by atoms with van der Waals surface area (Å²) in [4.78, 5) is 5.75. The first-order chi connectivity index (χ1) is 7.61. The van der Waals surface area contributed by atoms with Gasteiger partial charge in [-0.05, 0) is 6.07 Å². The minimum Gasteiger partial charge on any atom is -0.396 e. The molecule has 0 atom stereocenters. The predicted octanol–water partition coefficient (Wildman–Crippen LogP) is 2.97. The fraction of sp³-hybridized carbons (Fsp3) is 0.400. The van der Waals surface area contributed by atoms with Gasteiger partial charge >= 0.3 is 5.69 Å². The number of aliphatic hydroxyl groups excluding tert-OH is 1. The number of anilines is 1. The molecule has 0 amide bonds. The summed E-state index contributed by atoms with van der Waals surface area (Å²) >= 11 is 7.58. The van der Waals surface area contributed by atoms with E-state index in [1.54, 1.807) is 12.1 Å². The molecule has 0 saturated heterocycles. The maximum absolute atomic E-state index is 8.85. The largest absolute Gasteiger partial charge is 0.400 e. The molecule has 0 radical (unpaired) electrons. The quantitative estimate of drug-likeness (QED) is 0.666. The molecular weight excluding hydrogens is 246 g/mol. The van der Waals surface area contributed by atoms with Crippen molar-refractivity contribution in [2.75, 3.05) is 31.4 Å². The highest BCUT2D eigenvalue weighted by Crippen LogP contribution is 2.41. The number of hydrogen-bond acceptors (Lipinski definition) is 4. The standard InChI is InChI=1S/C10H13ClN3OS/c1-14(2)8-4-3-7(13-12)10(9(8)11)16-6-5-15/h3-4,15H,5-6H2,1-2H3/q+1. The van der Waals surface area contributed by atoms with Gasteiger partial charge in [0.05, 0.1) is 17.3 Å². The van der Waals surface area contributed by atoms with Gasteiger partial charge in [0.1, 0.15) is 4.90 Å². The van der Waals surface area contributed by atoms with Gasteiger partial charge in [0, 0.05) is 25.9 Å².